The van der Waals surface area contributed by atoms with Crippen molar-refractivity contribution in [1.29, 1.82) is 0 Å². The van der Waals surface area contributed by atoms with Crippen LogP contribution in [-0.4, -0.2) is 6.04 Å². The zero-order chi connectivity index (χ0) is 10.7. The van der Waals surface area contributed by atoms with E-state index in [0.717, 1.165) is 0 Å². The molecule has 1 atom stereocenters. The van der Waals surface area contributed by atoms with Gasteiger partial charge in [0.15, 0.2) is 0 Å². The van der Waals surface area contributed by atoms with Crippen molar-refractivity contribution in [2.75, 3.05) is 5.32 Å². The molecule has 0 aromatic heterocycles. The molecule has 0 saturated heterocycles. The lowest BCUT2D eigenvalue weighted by Crippen LogP contribution is -2.24. The van der Waals surface area contributed by atoms with Gasteiger partial charge in [0.1, 0.15) is 0 Å². The highest BCUT2D eigenvalue weighted by Crippen LogP contribution is 2.25. The van der Waals surface area contributed by atoms with E-state index in [4.69, 9.17) is 0 Å². The maximum atomic E-state index is 4.15. The molecule has 1 N–H and O–H groups in total. The van der Waals surface area contributed by atoms with Gasteiger partial charge >= 0.3 is 0 Å². The number of aryl methyl sites for hydroxylation is 1. The van der Waals surface area contributed by atoms with Crippen molar-refractivity contribution in [3.63, 3.8) is 0 Å². The largest absolute Gasteiger partial charge is 0.379 e. The molecular weight excluding hydrogens is 182 g/mol. The lowest BCUT2D eigenvalue weighted by atomic mass is 9.91. The van der Waals surface area contributed by atoms with Crippen LogP contribution in [0.4, 0.5) is 5.69 Å². The molecule has 80 valence electrons. The molecule has 1 aliphatic rings. The third-order valence-electron chi connectivity index (χ3n) is 3.13. The minimum Gasteiger partial charge on any atom is -0.379 e. The second kappa shape index (κ2) is 4.52. The van der Waals surface area contributed by atoms with Crippen LogP contribution in [0.2, 0.25) is 0 Å². The standard InChI is InChI=1S/C14H19N/c1-11-7-9-13(10-8-11)15-14-6-4-3-5-12(14)2/h7-10,14-15H,2-6H2,1H3. The van der Waals surface area contributed by atoms with Crippen LogP contribution >= 0.6 is 0 Å². The van der Waals surface area contributed by atoms with Crippen molar-refractivity contribution in [3.8, 4) is 0 Å². The van der Waals surface area contributed by atoms with Gasteiger partial charge in [-0.3, -0.25) is 0 Å². The van der Waals surface area contributed by atoms with E-state index in [1.165, 1.54) is 42.5 Å². The van der Waals surface area contributed by atoms with Crippen LogP contribution in [0.3, 0.4) is 0 Å². The Morgan fingerprint density at radius 1 is 1.20 bits per heavy atom. The predicted molar refractivity (Wildman–Crippen MR) is 66.2 cm³/mol. The van der Waals surface area contributed by atoms with Crippen molar-refractivity contribution in [2.24, 2.45) is 0 Å². The number of anilines is 1. The molecular formula is C14H19N. The minimum absolute atomic E-state index is 0.487. The summed E-state index contributed by atoms with van der Waals surface area (Å²) in [4.78, 5) is 0. The average Bonchev–Trinajstić information content (AvgIpc) is 2.25. The normalized spacial score (nSPS) is 21.4. The molecule has 0 aliphatic heterocycles. The molecule has 0 radical (unpaired) electrons. The van der Waals surface area contributed by atoms with Crippen LogP contribution in [-0.2, 0) is 0 Å². The first-order chi connectivity index (χ1) is 7.25. The van der Waals surface area contributed by atoms with Crippen LogP contribution in [0.25, 0.3) is 0 Å². The Bertz CT molecular complexity index is 337. The van der Waals surface area contributed by atoms with Gasteiger partial charge in [-0.25, -0.2) is 0 Å². The van der Waals surface area contributed by atoms with Crippen LogP contribution < -0.4 is 5.32 Å². The highest BCUT2D eigenvalue weighted by molar-refractivity contribution is 5.47. The van der Waals surface area contributed by atoms with E-state index in [9.17, 15) is 0 Å². The van der Waals surface area contributed by atoms with Gasteiger partial charge in [-0.05, 0) is 38.3 Å². The molecule has 1 saturated carbocycles. The lowest BCUT2D eigenvalue weighted by molar-refractivity contribution is 0.559. The number of hydrogen-bond acceptors (Lipinski definition) is 1. The molecule has 0 heterocycles. The molecule has 0 amide bonds. The van der Waals surface area contributed by atoms with E-state index in [2.05, 4.69) is 43.1 Å². The third-order valence-corrected chi connectivity index (χ3v) is 3.13. The fraction of sp³-hybridized carbons (Fsp3) is 0.429. The number of benzene rings is 1. The monoisotopic (exact) mass is 201 g/mol. The van der Waals surface area contributed by atoms with Crippen molar-refractivity contribution in [1.82, 2.24) is 0 Å². The summed E-state index contributed by atoms with van der Waals surface area (Å²) in [5, 5.41) is 3.56. The van der Waals surface area contributed by atoms with Crippen LogP contribution in [0.1, 0.15) is 31.2 Å². The first-order valence-corrected chi connectivity index (χ1v) is 5.76. The number of nitrogens with one attached hydrogen (secondary N) is 1. The third kappa shape index (κ3) is 2.62. The van der Waals surface area contributed by atoms with Crippen LogP contribution in [0, 0.1) is 6.92 Å². The van der Waals surface area contributed by atoms with Gasteiger partial charge in [-0.2, -0.15) is 0 Å². The Kier molecular flexibility index (Phi) is 3.10. The van der Waals surface area contributed by atoms with E-state index in [-0.39, 0.29) is 0 Å². The van der Waals surface area contributed by atoms with Gasteiger partial charge < -0.3 is 5.32 Å². The maximum Gasteiger partial charge on any atom is 0.0471 e. The first-order valence-electron chi connectivity index (χ1n) is 5.76. The van der Waals surface area contributed by atoms with Crippen molar-refractivity contribution < 1.29 is 0 Å². The quantitative estimate of drug-likeness (QED) is 0.715. The fourth-order valence-corrected chi connectivity index (χ4v) is 2.10. The second-order valence-corrected chi connectivity index (χ2v) is 4.47. The van der Waals surface area contributed by atoms with Gasteiger partial charge in [0.05, 0.1) is 0 Å². The SMILES string of the molecule is C=C1CCCCC1Nc1ccc(C)cc1. The summed E-state index contributed by atoms with van der Waals surface area (Å²) in [5.41, 5.74) is 3.89. The lowest BCUT2D eigenvalue weighted by Gasteiger charge is -2.26. The zero-order valence-electron chi connectivity index (χ0n) is 9.42. The average molecular weight is 201 g/mol. The van der Waals surface area contributed by atoms with Crippen LogP contribution in [0.5, 0.6) is 0 Å². The minimum atomic E-state index is 0.487. The molecule has 1 aromatic carbocycles. The van der Waals surface area contributed by atoms with E-state index in [1.807, 2.05) is 0 Å². The van der Waals surface area contributed by atoms with Gasteiger partial charge in [0.2, 0.25) is 0 Å². The molecule has 1 unspecified atom stereocenters. The van der Waals surface area contributed by atoms with Gasteiger partial charge in [0.25, 0.3) is 0 Å². The van der Waals surface area contributed by atoms with E-state index in [0.29, 0.717) is 6.04 Å². The molecule has 1 aliphatic carbocycles. The van der Waals surface area contributed by atoms with Gasteiger partial charge in [0, 0.05) is 11.7 Å². The van der Waals surface area contributed by atoms with Crippen molar-refractivity contribution in [2.45, 2.75) is 38.6 Å². The molecule has 1 nitrogen and oxygen atoms in total. The zero-order valence-corrected chi connectivity index (χ0v) is 9.42. The van der Waals surface area contributed by atoms with Crippen LogP contribution in [0.15, 0.2) is 36.4 Å². The number of rotatable bonds is 2. The highest BCUT2D eigenvalue weighted by atomic mass is 14.9. The Morgan fingerprint density at radius 2 is 1.93 bits per heavy atom. The summed E-state index contributed by atoms with van der Waals surface area (Å²) in [7, 11) is 0. The molecule has 0 spiro atoms. The van der Waals surface area contributed by atoms with Crippen molar-refractivity contribution >= 4 is 5.69 Å². The summed E-state index contributed by atoms with van der Waals surface area (Å²) in [6.45, 7) is 6.26. The predicted octanol–water partition coefficient (Wildman–Crippen LogP) is 3.91. The summed E-state index contributed by atoms with van der Waals surface area (Å²) in [5.74, 6) is 0. The first kappa shape index (κ1) is 10.3. The molecule has 15 heavy (non-hydrogen) atoms. The summed E-state index contributed by atoms with van der Waals surface area (Å²) in [6.07, 6.45) is 5.05. The smallest absolute Gasteiger partial charge is 0.0471 e. The van der Waals surface area contributed by atoms with Gasteiger partial charge in [-0.1, -0.05) is 36.3 Å². The van der Waals surface area contributed by atoms with E-state index < -0.39 is 0 Å². The van der Waals surface area contributed by atoms with E-state index >= 15 is 0 Å². The molecule has 0 bridgehead atoms. The fourth-order valence-electron chi connectivity index (χ4n) is 2.10. The summed E-state index contributed by atoms with van der Waals surface area (Å²) < 4.78 is 0. The van der Waals surface area contributed by atoms with Gasteiger partial charge in [-0.15, -0.1) is 0 Å². The number of hydrogen-bond donors (Lipinski definition) is 1. The van der Waals surface area contributed by atoms with E-state index in [1.54, 1.807) is 0 Å². The Labute approximate surface area is 92.2 Å². The molecule has 1 fully saturated rings. The topological polar surface area (TPSA) is 12.0 Å². The maximum absolute atomic E-state index is 4.15. The molecule has 2 rings (SSSR count). The molecule has 1 aromatic rings. The van der Waals surface area contributed by atoms with Crippen molar-refractivity contribution in [3.05, 3.63) is 42.0 Å². The highest BCUT2D eigenvalue weighted by Gasteiger charge is 2.16. The Balaban J connectivity index is 2.01. The summed E-state index contributed by atoms with van der Waals surface area (Å²) in [6, 6.07) is 9.08. The summed E-state index contributed by atoms with van der Waals surface area (Å²) >= 11 is 0. The Hall–Kier alpha value is -1.24. The second-order valence-electron chi connectivity index (χ2n) is 4.47. The Morgan fingerprint density at radius 3 is 2.60 bits per heavy atom. The molecule has 1 heteroatoms.